The zero-order valence-corrected chi connectivity index (χ0v) is 11.3. The molecular weight excluding hydrogens is 272 g/mol. The highest BCUT2D eigenvalue weighted by atomic mass is 16.5. The summed E-state index contributed by atoms with van der Waals surface area (Å²) in [6.45, 7) is 0. The Bertz CT molecular complexity index is 646. The van der Waals surface area contributed by atoms with Crippen LogP contribution in [0, 0.1) is 0 Å². The lowest BCUT2D eigenvalue weighted by Gasteiger charge is -2.18. The molecule has 0 aliphatic carbocycles. The predicted octanol–water partition coefficient (Wildman–Crippen LogP) is 0.902. The van der Waals surface area contributed by atoms with Gasteiger partial charge in [-0.15, -0.1) is 0 Å². The molecule has 7 heteroatoms. The van der Waals surface area contributed by atoms with Crippen molar-refractivity contribution in [1.29, 1.82) is 0 Å². The second kappa shape index (κ2) is 6.47. The third-order valence-corrected chi connectivity index (χ3v) is 2.78. The fourth-order valence-corrected chi connectivity index (χ4v) is 1.80. The van der Waals surface area contributed by atoms with E-state index in [0.29, 0.717) is 5.56 Å². The summed E-state index contributed by atoms with van der Waals surface area (Å²) in [7, 11) is 1.28. The van der Waals surface area contributed by atoms with Crippen molar-refractivity contribution in [3.63, 3.8) is 0 Å². The SMILES string of the molecule is COC(=O)C(Nc1nccnc1C(N)=O)c1ccccc1. The number of anilines is 1. The lowest BCUT2D eigenvalue weighted by molar-refractivity contribution is -0.141. The Morgan fingerprint density at radius 2 is 1.86 bits per heavy atom. The lowest BCUT2D eigenvalue weighted by Crippen LogP contribution is -2.25. The van der Waals surface area contributed by atoms with Crippen LogP contribution in [0.15, 0.2) is 42.7 Å². The number of primary amides is 1. The first-order valence-electron chi connectivity index (χ1n) is 6.13. The first-order chi connectivity index (χ1) is 10.1. The van der Waals surface area contributed by atoms with E-state index in [4.69, 9.17) is 10.5 Å². The number of hydrogen-bond donors (Lipinski definition) is 2. The van der Waals surface area contributed by atoms with Gasteiger partial charge in [-0.05, 0) is 5.56 Å². The number of amides is 1. The van der Waals surface area contributed by atoms with E-state index in [9.17, 15) is 9.59 Å². The first kappa shape index (κ1) is 14.4. The predicted molar refractivity (Wildman–Crippen MR) is 75.4 cm³/mol. The molecule has 0 saturated carbocycles. The Morgan fingerprint density at radius 1 is 1.19 bits per heavy atom. The van der Waals surface area contributed by atoms with Crippen LogP contribution >= 0.6 is 0 Å². The summed E-state index contributed by atoms with van der Waals surface area (Å²) in [6, 6.07) is 8.11. The van der Waals surface area contributed by atoms with Crippen molar-refractivity contribution < 1.29 is 14.3 Å². The summed E-state index contributed by atoms with van der Waals surface area (Å²) in [6.07, 6.45) is 2.75. The standard InChI is InChI=1S/C14H14N4O3/c1-21-14(20)10(9-5-3-2-4-6-9)18-13-11(12(15)19)16-7-8-17-13/h2-8,10H,1H3,(H2,15,19)(H,17,18). The van der Waals surface area contributed by atoms with Crippen LogP contribution in [-0.2, 0) is 9.53 Å². The van der Waals surface area contributed by atoms with Crippen molar-refractivity contribution in [1.82, 2.24) is 9.97 Å². The number of rotatable bonds is 5. The monoisotopic (exact) mass is 286 g/mol. The van der Waals surface area contributed by atoms with E-state index in [1.165, 1.54) is 19.5 Å². The number of nitrogens with two attached hydrogens (primary N) is 1. The molecule has 21 heavy (non-hydrogen) atoms. The zero-order valence-electron chi connectivity index (χ0n) is 11.3. The van der Waals surface area contributed by atoms with E-state index in [0.717, 1.165) is 0 Å². The molecular formula is C14H14N4O3. The molecule has 3 N–H and O–H groups in total. The molecule has 0 saturated heterocycles. The van der Waals surface area contributed by atoms with Gasteiger partial charge in [-0.25, -0.2) is 14.8 Å². The second-order valence-electron chi connectivity index (χ2n) is 4.13. The van der Waals surface area contributed by atoms with Crippen LogP contribution in [0.3, 0.4) is 0 Å². The van der Waals surface area contributed by atoms with Crippen LogP contribution in [0.4, 0.5) is 5.82 Å². The quantitative estimate of drug-likeness (QED) is 0.791. The molecule has 108 valence electrons. The Labute approximate surface area is 121 Å². The second-order valence-corrected chi connectivity index (χ2v) is 4.13. The summed E-state index contributed by atoms with van der Waals surface area (Å²) in [4.78, 5) is 31.1. The third-order valence-electron chi connectivity index (χ3n) is 2.78. The minimum absolute atomic E-state index is 0.0395. The largest absolute Gasteiger partial charge is 0.467 e. The number of esters is 1. The zero-order chi connectivity index (χ0) is 15.2. The van der Waals surface area contributed by atoms with Gasteiger partial charge in [0.2, 0.25) is 0 Å². The number of nitrogens with one attached hydrogen (secondary N) is 1. The van der Waals surface area contributed by atoms with E-state index in [1.54, 1.807) is 24.3 Å². The Balaban J connectivity index is 2.37. The number of benzene rings is 1. The van der Waals surface area contributed by atoms with Crippen molar-refractivity contribution in [3.05, 3.63) is 54.0 Å². The molecule has 1 atom stereocenters. The number of hydrogen-bond acceptors (Lipinski definition) is 6. The van der Waals surface area contributed by atoms with Crippen LogP contribution in [0.25, 0.3) is 0 Å². The molecule has 1 unspecified atom stereocenters. The highest BCUT2D eigenvalue weighted by Gasteiger charge is 2.24. The average Bonchev–Trinajstić information content (AvgIpc) is 2.53. The number of nitrogens with zero attached hydrogens (tertiary/aromatic N) is 2. The number of methoxy groups -OCH3 is 1. The lowest BCUT2D eigenvalue weighted by atomic mass is 10.1. The van der Waals surface area contributed by atoms with Gasteiger partial charge in [-0.3, -0.25) is 4.79 Å². The molecule has 1 heterocycles. The van der Waals surface area contributed by atoms with Gasteiger partial charge < -0.3 is 15.8 Å². The highest BCUT2D eigenvalue weighted by Crippen LogP contribution is 2.20. The molecule has 0 bridgehead atoms. The summed E-state index contributed by atoms with van der Waals surface area (Å²) in [5.74, 6) is -1.12. The van der Waals surface area contributed by atoms with Gasteiger partial charge in [0.25, 0.3) is 5.91 Å². The maximum absolute atomic E-state index is 11.9. The maximum atomic E-state index is 11.9. The van der Waals surface area contributed by atoms with E-state index in [2.05, 4.69) is 15.3 Å². The van der Waals surface area contributed by atoms with Crippen molar-refractivity contribution in [3.8, 4) is 0 Å². The first-order valence-corrected chi connectivity index (χ1v) is 6.13. The molecule has 0 aliphatic rings. The Morgan fingerprint density at radius 3 is 2.48 bits per heavy atom. The van der Waals surface area contributed by atoms with Crippen LogP contribution in [-0.4, -0.2) is 29.0 Å². The van der Waals surface area contributed by atoms with Crippen molar-refractivity contribution in [2.24, 2.45) is 5.73 Å². The number of carbonyl (C=O) groups is 2. The van der Waals surface area contributed by atoms with Crippen molar-refractivity contribution in [2.75, 3.05) is 12.4 Å². The normalized spacial score (nSPS) is 11.5. The van der Waals surface area contributed by atoms with Crippen LogP contribution in [0.1, 0.15) is 22.1 Å². The molecule has 0 fully saturated rings. The van der Waals surface area contributed by atoms with Crippen LogP contribution in [0.5, 0.6) is 0 Å². The molecule has 0 spiro atoms. The molecule has 0 radical (unpaired) electrons. The Hall–Kier alpha value is -2.96. The van der Waals surface area contributed by atoms with E-state index in [-0.39, 0.29) is 11.5 Å². The fourth-order valence-electron chi connectivity index (χ4n) is 1.80. The van der Waals surface area contributed by atoms with E-state index < -0.39 is 17.9 Å². The topological polar surface area (TPSA) is 107 Å². The van der Waals surface area contributed by atoms with E-state index in [1.807, 2.05) is 6.07 Å². The van der Waals surface area contributed by atoms with Crippen molar-refractivity contribution >= 4 is 17.7 Å². The number of aromatic nitrogens is 2. The van der Waals surface area contributed by atoms with Crippen LogP contribution in [0.2, 0.25) is 0 Å². The summed E-state index contributed by atoms with van der Waals surface area (Å²) >= 11 is 0. The van der Waals surface area contributed by atoms with Crippen LogP contribution < -0.4 is 11.1 Å². The van der Waals surface area contributed by atoms with Gasteiger partial charge >= 0.3 is 5.97 Å². The summed E-state index contributed by atoms with van der Waals surface area (Å²) in [5, 5.41) is 2.85. The van der Waals surface area contributed by atoms with Gasteiger partial charge in [-0.1, -0.05) is 30.3 Å². The molecule has 1 amide bonds. The van der Waals surface area contributed by atoms with Gasteiger partial charge in [0.1, 0.15) is 0 Å². The molecule has 1 aromatic carbocycles. The van der Waals surface area contributed by atoms with Crippen molar-refractivity contribution in [2.45, 2.75) is 6.04 Å². The number of carbonyl (C=O) groups excluding carboxylic acids is 2. The average molecular weight is 286 g/mol. The minimum atomic E-state index is -0.814. The van der Waals surface area contributed by atoms with Gasteiger partial charge in [0.15, 0.2) is 17.6 Å². The fraction of sp³-hybridized carbons (Fsp3) is 0.143. The summed E-state index contributed by atoms with van der Waals surface area (Å²) < 4.78 is 4.77. The van der Waals surface area contributed by atoms with Gasteiger partial charge in [0, 0.05) is 12.4 Å². The molecule has 2 aromatic rings. The molecule has 0 aliphatic heterocycles. The Kier molecular flexibility index (Phi) is 4.45. The van der Waals surface area contributed by atoms with E-state index >= 15 is 0 Å². The number of ether oxygens (including phenoxy) is 1. The highest BCUT2D eigenvalue weighted by molar-refractivity contribution is 5.96. The van der Waals surface area contributed by atoms with Gasteiger partial charge in [-0.2, -0.15) is 0 Å². The van der Waals surface area contributed by atoms with Gasteiger partial charge in [0.05, 0.1) is 7.11 Å². The third kappa shape index (κ3) is 3.33. The smallest absolute Gasteiger partial charge is 0.333 e. The summed E-state index contributed by atoms with van der Waals surface area (Å²) in [5.41, 5.74) is 5.87. The minimum Gasteiger partial charge on any atom is -0.467 e. The molecule has 2 rings (SSSR count). The maximum Gasteiger partial charge on any atom is 0.333 e. The molecule has 1 aromatic heterocycles. The molecule has 7 nitrogen and oxygen atoms in total.